The van der Waals surface area contributed by atoms with Gasteiger partial charge in [0.15, 0.2) is 6.04 Å². The van der Waals surface area contributed by atoms with Gasteiger partial charge in [0.2, 0.25) is 5.91 Å². The molecule has 0 saturated heterocycles. The highest BCUT2D eigenvalue weighted by Gasteiger charge is 2.24. The summed E-state index contributed by atoms with van der Waals surface area (Å²) in [6.45, 7) is 1.75. The predicted octanol–water partition coefficient (Wildman–Crippen LogP) is 1.53. The van der Waals surface area contributed by atoms with Crippen LogP contribution in [0, 0.1) is 5.92 Å². The molecule has 0 aliphatic carbocycles. The van der Waals surface area contributed by atoms with E-state index in [9.17, 15) is 14.7 Å². The summed E-state index contributed by atoms with van der Waals surface area (Å²) in [6.07, 6.45) is 3.67. The summed E-state index contributed by atoms with van der Waals surface area (Å²) in [5.41, 5.74) is 1.39. The van der Waals surface area contributed by atoms with Crippen molar-refractivity contribution in [2.24, 2.45) is 5.92 Å². The van der Waals surface area contributed by atoms with Gasteiger partial charge in [0, 0.05) is 24.2 Å². The maximum absolute atomic E-state index is 12.1. The van der Waals surface area contributed by atoms with Gasteiger partial charge in [0.25, 0.3) is 0 Å². The summed E-state index contributed by atoms with van der Waals surface area (Å²) >= 11 is 0. The second-order valence-electron chi connectivity index (χ2n) is 4.87. The maximum Gasteiger partial charge on any atom is 0.330 e. The van der Waals surface area contributed by atoms with Gasteiger partial charge in [-0.25, -0.2) is 9.78 Å². The zero-order chi connectivity index (χ0) is 15.2. The van der Waals surface area contributed by atoms with Gasteiger partial charge < -0.3 is 15.4 Å². The van der Waals surface area contributed by atoms with Crippen molar-refractivity contribution in [2.75, 3.05) is 0 Å². The van der Waals surface area contributed by atoms with E-state index < -0.39 is 12.0 Å². The molecule has 1 aromatic heterocycles. The number of rotatable bonds is 6. The molecule has 0 saturated carbocycles. The Morgan fingerprint density at radius 2 is 2.05 bits per heavy atom. The van der Waals surface area contributed by atoms with Crippen LogP contribution < -0.4 is 5.32 Å². The Bertz CT molecular complexity index is 596. The van der Waals surface area contributed by atoms with Crippen LogP contribution in [0.15, 0.2) is 42.9 Å². The average Bonchev–Trinajstić information content (AvgIpc) is 2.98. The van der Waals surface area contributed by atoms with Gasteiger partial charge in [-0.15, -0.1) is 0 Å². The minimum atomic E-state index is -1.08. The second-order valence-corrected chi connectivity index (χ2v) is 4.87. The van der Waals surface area contributed by atoms with E-state index in [1.54, 1.807) is 49.8 Å². The topological polar surface area (TPSA) is 95.1 Å². The highest BCUT2D eigenvalue weighted by Crippen LogP contribution is 2.14. The van der Waals surface area contributed by atoms with Gasteiger partial charge in [0.05, 0.1) is 6.33 Å². The molecule has 110 valence electrons. The van der Waals surface area contributed by atoms with Gasteiger partial charge in [-0.3, -0.25) is 4.79 Å². The number of benzene rings is 1. The minimum absolute atomic E-state index is 0.305. The number of nitrogens with one attached hydrogen (secondary N) is 2. The summed E-state index contributed by atoms with van der Waals surface area (Å²) in [5, 5.41) is 11.9. The van der Waals surface area contributed by atoms with E-state index in [1.807, 2.05) is 0 Å². The van der Waals surface area contributed by atoms with Crippen molar-refractivity contribution >= 4 is 11.9 Å². The quantitative estimate of drug-likeness (QED) is 0.751. The molecule has 0 unspecified atom stereocenters. The summed E-state index contributed by atoms with van der Waals surface area (Å²) in [6, 6.07) is 7.60. The lowest BCUT2D eigenvalue weighted by Gasteiger charge is -2.17. The number of carbonyl (C=O) groups excluding carboxylic acids is 1. The third kappa shape index (κ3) is 3.92. The van der Waals surface area contributed by atoms with Gasteiger partial charge >= 0.3 is 5.97 Å². The van der Waals surface area contributed by atoms with Crippen LogP contribution in [0.1, 0.15) is 24.2 Å². The zero-order valence-corrected chi connectivity index (χ0v) is 11.6. The van der Waals surface area contributed by atoms with E-state index in [4.69, 9.17) is 0 Å². The predicted molar refractivity (Wildman–Crippen MR) is 76.4 cm³/mol. The van der Waals surface area contributed by atoms with Crippen LogP contribution >= 0.6 is 0 Å². The Hall–Kier alpha value is -2.63. The second kappa shape index (κ2) is 6.69. The first-order chi connectivity index (χ1) is 10.1. The number of hydrogen-bond acceptors (Lipinski definition) is 3. The smallest absolute Gasteiger partial charge is 0.330 e. The van der Waals surface area contributed by atoms with Gasteiger partial charge in [-0.05, 0) is 5.56 Å². The molecule has 6 heteroatoms. The lowest BCUT2D eigenvalue weighted by atomic mass is 10.0. The maximum atomic E-state index is 12.1. The molecule has 0 bridgehead atoms. The minimum Gasteiger partial charge on any atom is -0.479 e. The van der Waals surface area contributed by atoms with Gasteiger partial charge in [0.1, 0.15) is 0 Å². The third-order valence-electron chi connectivity index (χ3n) is 3.19. The Morgan fingerprint density at radius 1 is 1.33 bits per heavy atom. The van der Waals surface area contributed by atoms with Crippen molar-refractivity contribution in [3.8, 4) is 0 Å². The van der Waals surface area contributed by atoms with Crippen LogP contribution in [0.25, 0.3) is 0 Å². The number of imidazole rings is 1. The van der Waals surface area contributed by atoms with Crippen LogP contribution in [0.5, 0.6) is 0 Å². The molecule has 2 aromatic rings. The number of nitrogens with zero attached hydrogens (tertiary/aromatic N) is 1. The molecule has 2 atom stereocenters. The normalized spacial score (nSPS) is 13.4. The lowest BCUT2D eigenvalue weighted by Crippen LogP contribution is -2.37. The van der Waals surface area contributed by atoms with Crippen LogP contribution in [-0.2, 0) is 16.0 Å². The monoisotopic (exact) mass is 287 g/mol. The number of aromatic amines is 1. The molecule has 6 nitrogen and oxygen atoms in total. The summed E-state index contributed by atoms with van der Waals surface area (Å²) in [4.78, 5) is 30.3. The molecule has 0 aliphatic rings. The molecular weight excluding hydrogens is 270 g/mol. The number of carbonyl (C=O) groups is 2. The fourth-order valence-corrected chi connectivity index (χ4v) is 2.04. The highest BCUT2D eigenvalue weighted by atomic mass is 16.4. The van der Waals surface area contributed by atoms with Gasteiger partial charge in [-0.2, -0.15) is 0 Å². The average molecular weight is 287 g/mol. The first-order valence-corrected chi connectivity index (χ1v) is 6.63. The number of hydrogen-bond donors (Lipinski definition) is 3. The number of carboxylic acids is 1. The van der Waals surface area contributed by atoms with E-state index in [2.05, 4.69) is 15.3 Å². The molecule has 1 heterocycles. The zero-order valence-electron chi connectivity index (χ0n) is 11.6. The van der Waals surface area contributed by atoms with Crippen molar-refractivity contribution in [1.82, 2.24) is 15.3 Å². The van der Waals surface area contributed by atoms with E-state index in [-0.39, 0.29) is 11.8 Å². The third-order valence-corrected chi connectivity index (χ3v) is 3.19. The van der Waals surface area contributed by atoms with Gasteiger partial charge in [-0.1, -0.05) is 37.3 Å². The van der Waals surface area contributed by atoms with Crippen LogP contribution in [0.3, 0.4) is 0 Å². The SMILES string of the molecule is C[C@@H](Cc1cnc[nH]1)C(=O)N[C@H](C(=O)O)c1ccccc1. The number of aromatic nitrogens is 2. The molecule has 0 aliphatic heterocycles. The fraction of sp³-hybridized carbons (Fsp3) is 0.267. The van der Waals surface area contributed by atoms with Crippen molar-refractivity contribution in [3.05, 3.63) is 54.1 Å². The largest absolute Gasteiger partial charge is 0.479 e. The number of aliphatic carboxylic acids is 1. The standard InChI is InChI=1S/C15H17N3O3/c1-10(7-12-8-16-9-17-12)14(19)18-13(15(20)21)11-5-3-2-4-6-11/h2-6,8-10,13H,7H2,1H3,(H,16,17)(H,18,19)(H,20,21)/t10-,13-/m0/s1. The van der Waals surface area contributed by atoms with E-state index in [0.29, 0.717) is 12.0 Å². The molecule has 2 rings (SSSR count). The van der Waals surface area contributed by atoms with E-state index in [0.717, 1.165) is 5.69 Å². The molecule has 1 amide bonds. The first-order valence-electron chi connectivity index (χ1n) is 6.63. The Balaban J connectivity index is 2.03. The molecule has 0 radical (unpaired) electrons. The fourth-order valence-electron chi connectivity index (χ4n) is 2.04. The van der Waals surface area contributed by atoms with Crippen LogP contribution in [0.4, 0.5) is 0 Å². The summed E-state index contributed by atoms with van der Waals surface area (Å²) in [7, 11) is 0. The molecule has 0 spiro atoms. The van der Waals surface area contributed by atoms with Crippen molar-refractivity contribution in [1.29, 1.82) is 0 Å². The number of amides is 1. The van der Waals surface area contributed by atoms with Crippen molar-refractivity contribution in [3.63, 3.8) is 0 Å². The van der Waals surface area contributed by atoms with E-state index in [1.165, 1.54) is 0 Å². The molecule has 21 heavy (non-hydrogen) atoms. The Labute approximate surface area is 122 Å². The number of carboxylic acid groups (broad SMARTS) is 1. The Morgan fingerprint density at radius 3 is 2.62 bits per heavy atom. The van der Waals surface area contributed by atoms with Crippen LogP contribution in [0.2, 0.25) is 0 Å². The first kappa shape index (κ1) is 14.8. The molecular formula is C15H17N3O3. The summed E-state index contributed by atoms with van der Waals surface area (Å²) in [5.74, 6) is -1.74. The van der Waals surface area contributed by atoms with Crippen molar-refractivity contribution < 1.29 is 14.7 Å². The van der Waals surface area contributed by atoms with E-state index >= 15 is 0 Å². The molecule has 0 fully saturated rings. The molecule has 3 N–H and O–H groups in total. The highest BCUT2D eigenvalue weighted by molar-refractivity contribution is 5.85. The van der Waals surface area contributed by atoms with Crippen LogP contribution in [-0.4, -0.2) is 27.0 Å². The lowest BCUT2D eigenvalue weighted by molar-refractivity contribution is -0.142. The van der Waals surface area contributed by atoms with Crippen molar-refractivity contribution in [2.45, 2.75) is 19.4 Å². The molecule has 1 aromatic carbocycles. The Kier molecular flexibility index (Phi) is 4.71. The number of H-pyrrole nitrogens is 1. The summed E-state index contributed by atoms with van der Waals surface area (Å²) < 4.78 is 0.